The van der Waals surface area contributed by atoms with Crippen molar-refractivity contribution in [3.63, 3.8) is 0 Å². The highest BCUT2D eigenvalue weighted by Crippen LogP contribution is 2.40. The zero-order valence-corrected chi connectivity index (χ0v) is 19.0. The van der Waals surface area contributed by atoms with Crippen molar-refractivity contribution in [3.05, 3.63) is 75.2 Å². The molecule has 0 spiro atoms. The number of anilines is 1. The number of piperazine rings is 1. The fourth-order valence-electron chi connectivity index (χ4n) is 4.20. The van der Waals surface area contributed by atoms with Gasteiger partial charge in [-0.15, -0.1) is 4.91 Å². The van der Waals surface area contributed by atoms with E-state index in [1.807, 2.05) is 27.8 Å². The van der Waals surface area contributed by atoms with Gasteiger partial charge in [0.1, 0.15) is 17.1 Å². The number of fused-ring (bicyclic) bond motifs is 1. The monoisotopic (exact) mass is 484 g/mol. The van der Waals surface area contributed by atoms with Crippen LogP contribution in [0.3, 0.4) is 0 Å². The van der Waals surface area contributed by atoms with E-state index in [1.54, 1.807) is 22.8 Å². The quantitative estimate of drug-likeness (QED) is 0.419. The first-order chi connectivity index (χ1) is 16.5. The van der Waals surface area contributed by atoms with Crippen LogP contribution >= 0.6 is 8.53 Å². The maximum atomic E-state index is 15.1. The fraction of sp³-hybridized carbons (Fsp3) is 0.304. The molecule has 2 fully saturated rings. The summed E-state index contributed by atoms with van der Waals surface area (Å²) in [6.45, 7) is 1.86. The molecule has 1 unspecified atom stereocenters. The third-order valence-corrected chi connectivity index (χ3v) is 7.38. The Morgan fingerprint density at radius 3 is 2.47 bits per heavy atom. The Bertz CT molecular complexity index is 1310. The average molecular weight is 484 g/mol. The van der Waals surface area contributed by atoms with Gasteiger partial charge in [0.25, 0.3) is 0 Å². The fourth-order valence-corrected chi connectivity index (χ4v) is 5.15. The second kappa shape index (κ2) is 9.21. The number of nitrogens with zero attached hydrogens (tertiary/aromatic N) is 4. The zero-order chi connectivity index (χ0) is 23.8. The van der Waals surface area contributed by atoms with Crippen molar-refractivity contribution in [1.82, 2.24) is 9.24 Å². The zero-order valence-electron chi connectivity index (χ0n) is 18.1. The van der Waals surface area contributed by atoms with E-state index in [0.717, 1.165) is 18.9 Å². The van der Waals surface area contributed by atoms with Crippen molar-refractivity contribution < 1.29 is 18.6 Å². The molecule has 11 heteroatoms. The highest BCUT2D eigenvalue weighted by molar-refractivity contribution is 7.43. The van der Waals surface area contributed by atoms with Crippen LogP contribution < -0.4 is 14.9 Å². The molecule has 34 heavy (non-hydrogen) atoms. The van der Waals surface area contributed by atoms with Gasteiger partial charge in [-0.1, -0.05) is 18.2 Å². The van der Waals surface area contributed by atoms with Crippen molar-refractivity contribution >= 4 is 31.0 Å². The number of aromatic nitrogens is 1. The number of benzene rings is 2. The van der Waals surface area contributed by atoms with Crippen LogP contribution in [0, 0.1) is 10.7 Å². The first-order valence-electron chi connectivity index (χ1n) is 10.9. The van der Waals surface area contributed by atoms with E-state index >= 15 is 4.39 Å². The molecule has 2 aromatic carbocycles. The number of rotatable bonds is 6. The van der Waals surface area contributed by atoms with Crippen LogP contribution in [0.1, 0.15) is 29.2 Å². The summed E-state index contributed by atoms with van der Waals surface area (Å²) in [6.07, 6.45) is 3.10. The van der Waals surface area contributed by atoms with Gasteiger partial charge in [0.2, 0.25) is 5.43 Å². The van der Waals surface area contributed by atoms with E-state index < -0.39 is 25.7 Å². The summed E-state index contributed by atoms with van der Waals surface area (Å²) in [4.78, 5) is 47.7. The summed E-state index contributed by atoms with van der Waals surface area (Å²) in [5, 5.41) is 2.42. The second-order valence-electron chi connectivity index (χ2n) is 8.33. The van der Waals surface area contributed by atoms with E-state index in [2.05, 4.69) is 5.18 Å². The normalized spacial score (nSPS) is 17.5. The number of hydrogen-bond acceptors (Lipinski definition) is 7. The maximum absolute atomic E-state index is 15.1. The molecule has 176 valence electrons. The van der Waals surface area contributed by atoms with Gasteiger partial charge in [-0.2, -0.15) is 0 Å². The number of nitroso groups, excluding NO2 is 1. The molecule has 1 aliphatic heterocycles. The number of amides is 1. The molecule has 1 N–H and O–H groups in total. The number of pyridine rings is 1. The number of para-hydroxylation sites is 1. The van der Waals surface area contributed by atoms with Crippen molar-refractivity contribution in [2.24, 2.45) is 5.18 Å². The number of hydrogen-bond donors (Lipinski definition) is 1. The minimum atomic E-state index is -1.82. The minimum Gasteiger partial charge on any atom is -0.436 e. The van der Waals surface area contributed by atoms with Crippen LogP contribution in [-0.2, 0) is 0 Å². The van der Waals surface area contributed by atoms with Crippen LogP contribution in [0.2, 0.25) is 0 Å². The molecular formula is C23H22FN4O5P. The first-order valence-corrected chi connectivity index (χ1v) is 12.1. The predicted octanol–water partition coefficient (Wildman–Crippen LogP) is 3.80. The van der Waals surface area contributed by atoms with Gasteiger partial charge in [-0.3, -0.25) is 9.59 Å². The van der Waals surface area contributed by atoms with E-state index in [1.165, 1.54) is 6.20 Å². The van der Waals surface area contributed by atoms with Crippen molar-refractivity contribution in [3.8, 4) is 5.75 Å². The lowest BCUT2D eigenvalue weighted by Gasteiger charge is -2.37. The lowest BCUT2D eigenvalue weighted by atomic mass is 10.1. The van der Waals surface area contributed by atoms with Crippen molar-refractivity contribution in [2.75, 3.05) is 31.1 Å². The lowest BCUT2D eigenvalue weighted by molar-refractivity contribution is 0.0999. The molecule has 1 aliphatic carbocycles. The van der Waals surface area contributed by atoms with Gasteiger partial charge in [0.05, 0.1) is 11.2 Å². The van der Waals surface area contributed by atoms with Gasteiger partial charge >= 0.3 is 14.4 Å². The van der Waals surface area contributed by atoms with E-state index in [4.69, 9.17) is 4.52 Å². The minimum absolute atomic E-state index is 0.0522. The SMILES string of the molecule is O=NC(=O)c1cn(C2CC2)c2cc(N3CCN(P(O)Oc4ccccc4)CC3)c(F)cc2c1=O. The van der Waals surface area contributed by atoms with Crippen LogP contribution in [-0.4, -0.2) is 46.2 Å². The third-order valence-electron chi connectivity index (χ3n) is 6.12. The Kier molecular flexibility index (Phi) is 6.12. The second-order valence-corrected chi connectivity index (χ2v) is 9.58. The lowest BCUT2D eigenvalue weighted by Crippen LogP contribution is -2.44. The van der Waals surface area contributed by atoms with Crippen LogP contribution in [0.25, 0.3) is 10.9 Å². The molecule has 2 heterocycles. The molecule has 5 rings (SSSR count). The molecule has 1 amide bonds. The summed E-state index contributed by atoms with van der Waals surface area (Å²) in [5.41, 5.74) is -0.175. The van der Waals surface area contributed by atoms with Gasteiger partial charge in [0.15, 0.2) is 0 Å². The summed E-state index contributed by atoms with van der Waals surface area (Å²) in [6, 6.07) is 11.9. The molecule has 0 bridgehead atoms. The highest BCUT2D eigenvalue weighted by atomic mass is 31.2. The summed E-state index contributed by atoms with van der Waals surface area (Å²) in [5.74, 6) is -1.16. The number of carbonyl (C=O) groups is 1. The van der Waals surface area contributed by atoms with Gasteiger partial charge in [0, 0.05) is 49.0 Å². The average Bonchev–Trinajstić information content (AvgIpc) is 3.70. The number of carbonyl (C=O) groups excluding carboxylic acids is 1. The Morgan fingerprint density at radius 1 is 1.12 bits per heavy atom. The molecule has 1 saturated heterocycles. The van der Waals surface area contributed by atoms with E-state index in [-0.39, 0.29) is 17.0 Å². The standard InChI is InChI=1S/C23H22FN4O5P/c24-19-12-17-20(28(15-6-7-15)14-18(22(17)29)23(30)25-31)13-21(19)26-8-10-27(11-9-26)34(32)33-16-4-2-1-3-5-16/h1-5,12-15,32H,6-11H2. The molecular weight excluding hydrogens is 462 g/mol. The smallest absolute Gasteiger partial charge is 0.322 e. The molecule has 0 radical (unpaired) electrons. The molecule has 3 aromatic rings. The third kappa shape index (κ3) is 4.32. The van der Waals surface area contributed by atoms with Crippen LogP contribution in [0.5, 0.6) is 5.75 Å². The Hall–Kier alpha value is -3.20. The molecule has 2 aliphatic rings. The van der Waals surface area contributed by atoms with E-state index in [0.29, 0.717) is 43.1 Å². The molecule has 9 nitrogen and oxygen atoms in total. The Morgan fingerprint density at radius 2 is 1.82 bits per heavy atom. The Labute approximate surface area is 195 Å². The molecule has 1 atom stereocenters. The van der Waals surface area contributed by atoms with Gasteiger partial charge < -0.3 is 18.9 Å². The van der Waals surface area contributed by atoms with Crippen molar-refractivity contribution in [2.45, 2.75) is 18.9 Å². The highest BCUT2D eigenvalue weighted by Gasteiger charge is 2.30. The predicted molar refractivity (Wildman–Crippen MR) is 127 cm³/mol. The Balaban J connectivity index is 1.40. The first kappa shape index (κ1) is 22.6. The summed E-state index contributed by atoms with van der Waals surface area (Å²) >= 11 is 0. The summed E-state index contributed by atoms with van der Waals surface area (Å²) < 4.78 is 24.4. The van der Waals surface area contributed by atoms with Gasteiger partial charge in [-0.25, -0.2) is 9.06 Å². The number of halogens is 1. The largest absolute Gasteiger partial charge is 0.436 e. The van der Waals surface area contributed by atoms with Gasteiger partial charge in [-0.05, 0) is 37.1 Å². The molecule has 1 aromatic heterocycles. The summed E-state index contributed by atoms with van der Waals surface area (Å²) in [7, 11) is -1.82. The molecule has 1 saturated carbocycles. The maximum Gasteiger partial charge on any atom is 0.322 e. The van der Waals surface area contributed by atoms with Crippen LogP contribution in [0.15, 0.2) is 58.6 Å². The van der Waals surface area contributed by atoms with Crippen molar-refractivity contribution in [1.29, 1.82) is 0 Å². The van der Waals surface area contributed by atoms with E-state index in [9.17, 15) is 19.4 Å². The topological polar surface area (TPSA) is 104 Å². The van der Waals surface area contributed by atoms with Crippen LogP contribution in [0.4, 0.5) is 10.1 Å².